The lowest BCUT2D eigenvalue weighted by molar-refractivity contribution is 0.0728. The third-order valence-electron chi connectivity index (χ3n) is 3.15. The highest BCUT2D eigenvalue weighted by Gasteiger charge is 2.18. The van der Waals surface area contributed by atoms with Crippen molar-refractivity contribution in [3.63, 3.8) is 0 Å². The van der Waals surface area contributed by atoms with Gasteiger partial charge in [0.05, 0.1) is 19.3 Å². The first-order valence-corrected chi connectivity index (χ1v) is 9.05. The molecule has 2 aromatic rings. The minimum absolute atomic E-state index is 0.0996. The second-order valence-corrected chi connectivity index (χ2v) is 6.56. The van der Waals surface area contributed by atoms with Crippen molar-refractivity contribution < 1.29 is 19.4 Å². The van der Waals surface area contributed by atoms with E-state index in [-0.39, 0.29) is 6.61 Å². The summed E-state index contributed by atoms with van der Waals surface area (Å²) in [6, 6.07) is 10.5. The van der Waals surface area contributed by atoms with Crippen LogP contribution in [0.15, 0.2) is 40.9 Å². The summed E-state index contributed by atoms with van der Waals surface area (Å²) in [5, 5.41) is 9.36. The van der Waals surface area contributed by atoms with E-state index in [4.69, 9.17) is 9.47 Å². The highest BCUT2D eigenvalue weighted by Crippen LogP contribution is 2.35. The molecule has 0 aliphatic rings. The van der Waals surface area contributed by atoms with Crippen LogP contribution < -0.4 is 9.47 Å². The second-order valence-electron chi connectivity index (χ2n) is 4.78. The van der Waals surface area contributed by atoms with Crippen molar-refractivity contribution in [2.75, 3.05) is 13.4 Å². The predicted octanol–water partition coefficient (Wildman–Crippen LogP) is 4.03. The average Bonchev–Trinajstić information content (AvgIpc) is 2.56. The molecule has 6 heteroatoms. The molecule has 122 valence electrons. The van der Waals surface area contributed by atoms with Gasteiger partial charge in [0, 0.05) is 15.8 Å². The standard InChI is InChI=1S/C17H17BrO4S/c1-21-15-7-11(9-19)6-13(10-23-2)16(15)22-17(20)12-4-3-5-14(18)8-12/h3-8,19H,9-10H2,1-2H3. The lowest BCUT2D eigenvalue weighted by Gasteiger charge is -2.15. The van der Waals surface area contributed by atoms with Gasteiger partial charge in [0.15, 0.2) is 11.5 Å². The molecular formula is C17H17BrO4S. The van der Waals surface area contributed by atoms with E-state index in [9.17, 15) is 9.90 Å². The molecule has 0 aliphatic carbocycles. The normalized spacial score (nSPS) is 10.4. The van der Waals surface area contributed by atoms with Crippen LogP contribution in [0.1, 0.15) is 21.5 Å². The molecule has 23 heavy (non-hydrogen) atoms. The Labute approximate surface area is 147 Å². The fourth-order valence-electron chi connectivity index (χ4n) is 2.11. The number of halogens is 1. The van der Waals surface area contributed by atoms with Crippen molar-refractivity contribution in [2.45, 2.75) is 12.4 Å². The zero-order valence-corrected chi connectivity index (χ0v) is 15.2. The van der Waals surface area contributed by atoms with Gasteiger partial charge in [0.2, 0.25) is 0 Å². The van der Waals surface area contributed by atoms with E-state index >= 15 is 0 Å². The van der Waals surface area contributed by atoms with Gasteiger partial charge >= 0.3 is 5.97 Å². The molecule has 0 unspecified atom stereocenters. The topological polar surface area (TPSA) is 55.8 Å². The number of esters is 1. The average molecular weight is 397 g/mol. The van der Waals surface area contributed by atoms with Crippen LogP contribution >= 0.6 is 27.7 Å². The molecule has 0 bridgehead atoms. The second kappa shape index (κ2) is 8.38. The number of hydrogen-bond acceptors (Lipinski definition) is 5. The molecule has 4 nitrogen and oxygen atoms in total. The molecule has 0 saturated carbocycles. The van der Waals surface area contributed by atoms with Gasteiger partial charge in [0.1, 0.15) is 0 Å². The Bertz CT molecular complexity index is 703. The van der Waals surface area contributed by atoms with E-state index in [1.165, 1.54) is 7.11 Å². The zero-order valence-electron chi connectivity index (χ0n) is 12.8. The fourth-order valence-corrected chi connectivity index (χ4v) is 3.04. The molecule has 0 aliphatic heterocycles. The van der Waals surface area contributed by atoms with Crippen LogP contribution in [0.3, 0.4) is 0 Å². The summed E-state index contributed by atoms with van der Waals surface area (Å²) in [7, 11) is 1.51. The maximum absolute atomic E-state index is 12.4. The van der Waals surface area contributed by atoms with Crippen LogP contribution in [0.4, 0.5) is 0 Å². The van der Waals surface area contributed by atoms with E-state index in [1.54, 1.807) is 36.0 Å². The van der Waals surface area contributed by atoms with E-state index < -0.39 is 5.97 Å². The van der Waals surface area contributed by atoms with Gasteiger partial charge in [-0.15, -0.1) is 0 Å². The predicted molar refractivity (Wildman–Crippen MR) is 95.2 cm³/mol. The number of carbonyl (C=O) groups is 1. The maximum atomic E-state index is 12.4. The summed E-state index contributed by atoms with van der Waals surface area (Å²) in [5.41, 5.74) is 1.97. The highest BCUT2D eigenvalue weighted by molar-refractivity contribution is 9.10. The molecule has 1 N–H and O–H groups in total. The van der Waals surface area contributed by atoms with Crippen molar-refractivity contribution in [2.24, 2.45) is 0 Å². The Balaban J connectivity index is 2.39. The summed E-state index contributed by atoms with van der Waals surface area (Å²) >= 11 is 4.94. The largest absolute Gasteiger partial charge is 0.493 e. The van der Waals surface area contributed by atoms with Gasteiger partial charge in [-0.2, -0.15) is 11.8 Å². The van der Waals surface area contributed by atoms with Gasteiger partial charge in [-0.1, -0.05) is 22.0 Å². The van der Waals surface area contributed by atoms with Crippen molar-refractivity contribution in [3.05, 3.63) is 57.6 Å². The van der Waals surface area contributed by atoms with E-state index in [2.05, 4.69) is 15.9 Å². The first-order chi connectivity index (χ1) is 11.1. The molecule has 0 amide bonds. The minimum Gasteiger partial charge on any atom is -0.493 e. The van der Waals surface area contributed by atoms with Gasteiger partial charge in [-0.3, -0.25) is 0 Å². The van der Waals surface area contributed by atoms with Crippen LogP contribution in [-0.4, -0.2) is 24.4 Å². The molecule has 2 aromatic carbocycles. The minimum atomic E-state index is -0.455. The van der Waals surface area contributed by atoms with E-state index in [1.807, 2.05) is 18.4 Å². The number of methoxy groups -OCH3 is 1. The van der Waals surface area contributed by atoms with E-state index in [0.29, 0.717) is 28.4 Å². The lowest BCUT2D eigenvalue weighted by Crippen LogP contribution is -2.11. The van der Waals surface area contributed by atoms with Crippen LogP contribution in [0.5, 0.6) is 11.5 Å². The summed E-state index contributed by atoms with van der Waals surface area (Å²) < 4.78 is 11.7. The van der Waals surface area contributed by atoms with Gasteiger partial charge in [-0.05, 0) is 42.2 Å². The van der Waals surface area contributed by atoms with Crippen molar-refractivity contribution in [3.8, 4) is 11.5 Å². The van der Waals surface area contributed by atoms with Crippen LogP contribution in [0.25, 0.3) is 0 Å². The molecule has 0 heterocycles. The molecule has 0 spiro atoms. The van der Waals surface area contributed by atoms with Crippen molar-refractivity contribution in [1.82, 2.24) is 0 Å². The molecule has 2 rings (SSSR count). The van der Waals surface area contributed by atoms with Crippen LogP contribution in [-0.2, 0) is 12.4 Å². The summed E-state index contributed by atoms with van der Waals surface area (Å²) in [5.74, 6) is 1.02. The molecule has 0 saturated heterocycles. The van der Waals surface area contributed by atoms with E-state index in [0.717, 1.165) is 10.0 Å². The summed E-state index contributed by atoms with van der Waals surface area (Å²) in [4.78, 5) is 12.4. The number of carbonyl (C=O) groups excluding carboxylic acids is 1. The van der Waals surface area contributed by atoms with Crippen LogP contribution in [0, 0.1) is 0 Å². The first kappa shape index (κ1) is 17.8. The summed E-state index contributed by atoms with van der Waals surface area (Å²) in [6.07, 6.45) is 1.96. The first-order valence-electron chi connectivity index (χ1n) is 6.86. The van der Waals surface area contributed by atoms with Crippen LogP contribution in [0.2, 0.25) is 0 Å². The third kappa shape index (κ3) is 4.50. The Morgan fingerprint density at radius 1 is 1.30 bits per heavy atom. The lowest BCUT2D eigenvalue weighted by atomic mass is 10.1. The smallest absolute Gasteiger partial charge is 0.343 e. The number of thioether (sulfide) groups is 1. The number of ether oxygens (including phenoxy) is 2. The Morgan fingerprint density at radius 2 is 2.09 bits per heavy atom. The fraction of sp³-hybridized carbons (Fsp3) is 0.235. The number of aliphatic hydroxyl groups excluding tert-OH is 1. The number of hydrogen-bond donors (Lipinski definition) is 1. The molecule has 0 aromatic heterocycles. The molecule has 0 atom stereocenters. The summed E-state index contributed by atoms with van der Waals surface area (Å²) in [6.45, 7) is -0.0996. The molecular weight excluding hydrogens is 380 g/mol. The molecule has 0 radical (unpaired) electrons. The Morgan fingerprint density at radius 3 is 2.70 bits per heavy atom. The Hall–Kier alpha value is -1.50. The van der Waals surface area contributed by atoms with Gasteiger partial charge in [-0.25, -0.2) is 4.79 Å². The molecule has 0 fully saturated rings. The third-order valence-corrected chi connectivity index (χ3v) is 4.24. The van der Waals surface area contributed by atoms with Crippen molar-refractivity contribution >= 4 is 33.7 Å². The maximum Gasteiger partial charge on any atom is 0.343 e. The van der Waals surface area contributed by atoms with Gasteiger partial charge in [0.25, 0.3) is 0 Å². The number of aliphatic hydroxyl groups is 1. The zero-order chi connectivity index (χ0) is 16.8. The van der Waals surface area contributed by atoms with Crippen molar-refractivity contribution in [1.29, 1.82) is 0 Å². The number of benzene rings is 2. The number of rotatable bonds is 6. The monoisotopic (exact) mass is 396 g/mol. The SMILES string of the molecule is COc1cc(CO)cc(CSC)c1OC(=O)c1cccc(Br)c1. The quantitative estimate of drug-likeness (QED) is 0.589. The Kier molecular flexibility index (Phi) is 6.50. The highest BCUT2D eigenvalue weighted by atomic mass is 79.9. The van der Waals surface area contributed by atoms with Gasteiger partial charge < -0.3 is 14.6 Å².